The molecule has 0 bridgehead atoms. The van der Waals surface area contributed by atoms with Gasteiger partial charge in [-0.05, 0) is 87.0 Å². The van der Waals surface area contributed by atoms with Gasteiger partial charge in [-0.1, -0.05) is 0 Å². The minimum Gasteiger partial charge on any atom is -1.00 e. The van der Waals surface area contributed by atoms with Crippen LogP contribution < -0.4 is 17.0 Å². The molecular weight excluding hydrogens is 635 g/mol. The maximum absolute atomic E-state index is 12.0. The number of ether oxygens (including phenoxy) is 3. The Morgan fingerprint density at radius 1 is 0.767 bits per heavy atom. The van der Waals surface area contributed by atoms with Crippen LogP contribution in [0.15, 0.2) is 0 Å². The molecule has 2 unspecified atom stereocenters. The van der Waals surface area contributed by atoms with E-state index >= 15 is 0 Å². The predicted octanol–water partition coefficient (Wildman–Crippen LogP) is 1.75. The normalized spacial score (nSPS) is 19.7. The molecule has 0 aromatic carbocycles. The molecule has 0 aliphatic carbocycles. The quantitative estimate of drug-likeness (QED) is 0.250. The second-order valence-corrected chi connectivity index (χ2v) is 12.5. The Kier molecular flexibility index (Phi) is 24.1. The first-order valence-electron chi connectivity index (χ1n) is 14.4. The van der Waals surface area contributed by atoms with Gasteiger partial charge in [0.25, 0.3) is 5.91 Å². The molecule has 0 saturated carbocycles. The van der Waals surface area contributed by atoms with Crippen LogP contribution in [-0.2, 0) is 28.6 Å². The van der Waals surface area contributed by atoms with Crippen molar-refractivity contribution in [1.82, 2.24) is 14.9 Å². The molecule has 0 radical (unpaired) electrons. The molecular formula is C30H56BrMgN3O8. The number of likely N-dealkylation sites (tertiary alicyclic amines) is 2. The molecule has 3 rings (SSSR count). The zero-order chi connectivity index (χ0) is 30.5. The summed E-state index contributed by atoms with van der Waals surface area (Å²) in [5.41, 5.74) is -0.988. The molecule has 13 heteroatoms. The van der Waals surface area contributed by atoms with E-state index in [-0.39, 0.29) is 83.2 Å². The topological polar surface area (TPSA) is 115 Å². The Labute approximate surface area is 286 Å². The Bertz CT molecular complexity index is 824. The molecule has 3 saturated heterocycles. The number of ketones is 1. The van der Waals surface area contributed by atoms with Gasteiger partial charge < -0.3 is 48.4 Å². The zero-order valence-electron chi connectivity index (χ0n) is 28.3. The van der Waals surface area contributed by atoms with Crippen LogP contribution in [0.1, 0.15) is 87.0 Å². The molecule has 3 aliphatic rings. The van der Waals surface area contributed by atoms with Gasteiger partial charge in [0.2, 0.25) is 0 Å². The molecule has 3 amide bonds. The van der Waals surface area contributed by atoms with E-state index in [9.17, 15) is 19.2 Å². The van der Waals surface area contributed by atoms with E-state index < -0.39 is 11.2 Å². The Morgan fingerprint density at radius 3 is 1.49 bits per heavy atom. The van der Waals surface area contributed by atoms with Crippen LogP contribution >= 0.6 is 0 Å². The summed E-state index contributed by atoms with van der Waals surface area (Å²) in [7, 11) is 3.03. The number of nitrogens with zero attached hydrogens (tertiary/aromatic N) is 3. The van der Waals surface area contributed by atoms with Crippen LogP contribution in [0.3, 0.4) is 0 Å². The van der Waals surface area contributed by atoms with Crippen LogP contribution in [0.25, 0.3) is 0 Å². The van der Waals surface area contributed by atoms with Crippen molar-refractivity contribution in [2.45, 2.75) is 98.2 Å². The van der Waals surface area contributed by atoms with Crippen LogP contribution in [0.4, 0.5) is 9.59 Å². The SMILES string of the molecule is C1CCOC1.CC(=O)C1CCCN(C(=O)OC(C)(C)C)C1.CON(C)C(=O)C1CCCN(C(=O)OC(C)(C)C)C1.[Br-].[CH3-].[Mg+2]. The maximum atomic E-state index is 12.0. The molecule has 3 fully saturated rings. The van der Waals surface area contributed by atoms with Gasteiger partial charge in [0.15, 0.2) is 0 Å². The van der Waals surface area contributed by atoms with Gasteiger partial charge in [-0.2, -0.15) is 0 Å². The number of Topliss-reactive ketones (excluding diaryl/α,β-unsaturated/α-hetero) is 1. The fourth-order valence-corrected chi connectivity index (χ4v) is 4.33. The Balaban J connectivity index is -0.000000606. The molecule has 0 N–H and O–H groups in total. The third kappa shape index (κ3) is 19.8. The first-order valence-corrected chi connectivity index (χ1v) is 14.4. The fourth-order valence-electron chi connectivity index (χ4n) is 4.33. The van der Waals surface area contributed by atoms with Crippen molar-refractivity contribution in [3.05, 3.63) is 7.43 Å². The van der Waals surface area contributed by atoms with Crippen LogP contribution in [0, 0.1) is 19.3 Å². The molecule has 2 atom stereocenters. The smallest absolute Gasteiger partial charge is 1.00 e. The van der Waals surface area contributed by atoms with E-state index in [1.807, 2.05) is 41.5 Å². The van der Waals surface area contributed by atoms with E-state index in [0.717, 1.165) is 38.9 Å². The van der Waals surface area contributed by atoms with Crippen molar-refractivity contribution < 1.29 is 55.2 Å². The summed E-state index contributed by atoms with van der Waals surface area (Å²) in [6, 6.07) is 0. The molecule has 248 valence electrons. The van der Waals surface area contributed by atoms with Gasteiger partial charge in [0.1, 0.15) is 17.0 Å². The number of hydrogen-bond acceptors (Lipinski definition) is 8. The van der Waals surface area contributed by atoms with E-state index in [1.165, 1.54) is 25.0 Å². The van der Waals surface area contributed by atoms with E-state index in [4.69, 9.17) is 19.0 Å². The number of piperidine rings is 2. The summed E-state index contributed by atoms with van der Waals surface area (Å²) in [6.45, 7) is 16.8. The predicted molar refractivity (Wildman–Crippen MR) is 164 cm³/mol. The Hall–Kier alpha value is -1.15. The van der Waals surface area contributed by atoms with Gasteiger partial charge in [-0.3, -0.25) is 14.4 Å². The monoisotopic (exact) mass is 689 g/mol. The first-order chi connectivity index (χ1) is 18.5. The number of hydroxylamine groups is 2. The molecule has 11 nitrogen and oxygen atoms in total. The van der Waals surface area contributed by atoms with Crippen molar-refractivity contribution in [2.75, 3.05) is 53.6 Å². The number of carbonyl (C=O) groups excluding carboxylic acids is 4. The molecule has 0 aromatic rings. The minimum atomic E-state index is -0.517. The molecule has 0 aromatic heterocycles. The number of halogens is 1. The third-order valence-corrected chi connectivity index (χ3v) is 6.48. The number of rotatable bonds is 3. The standard InChI is InChI=1S/C13H24N2O4.C12H21NO3.C4H8O.CH3.BrH.Mg/c1-13(2,3)19-12(17)15-8-6-7-10(9-15)11(16)14(4)18-5;1-9(14)10-6-5-7-13(8-10)11(15)16-12(2,3)4;1-2-4-5-3-1;;;/h10H,6-9H2,1-5H3;10H,5-8H2,1-4H3;1-4H2;1H3;1H;/q;;;-1;;+2/p-1. The van der Waals surface area contributed by atoms with Gasteiger partial charge in [0.05, 0.1) is 13.0 Å². The zero-order valence-corrected chi connectivity index (χ0v) is 31.3. The van der Waals surface area contributed by atoms with Crippen LogP contribution in [0.5, 0.6) is 0 Å². The summed E-state index contributed by atoms with van der Waals surface area (Å²) >= 11 is 0. The summed E-state index contributed by atoms with van der Waals surface area (Å²) in [4.78, 5) is 55.1. The average molecular weight is 691 g/mol. The fraction of sp³-hybridized carbons (Fsp3) is 0.833. The van der Waals surface area contributed by atoms with Gasteiger partial charge in [0, 0.05) is 52.4 Å². The van der Waals surface area contributed by atoms with E-state index in [2.05, 4.69) is 0 Å². The molecule has 0 spiro atoms. The first kappa shape index (κ1) is 46.3. The van der Waals surface area contributed by atoms with E-state index in [1.54, 1.807) is 23.8 Å². The van der Waals surface area contributed by atoms with E-state index in [0.29, 0.717) is 26.2 Å². The van der Waals surface area contributed by atoms with Gasteiger partial charge >= 0.3 is 35.2 Å². The van der Waals surface area contributed by atoms with Gasteiger partial charge in [-0.25, -0.2) is 14.7 Å². The van der Waals surface area contributed by atoms with Crippen LogP contribution in [-0.4, -0.2) is 127 Å². The maximum Gasteiger partial charge on any atom is 2.00 e. The number of hydrogen-bond donors (Lipinski definition) is 0. The number of amides is 3. The van der Waals surface area contributed by atoms with Crippen molar-refractivity contribution in [3.63, 3.8) is 0 Å². The van der Waals surface area contributed by atoms with Gasteiger partial charge in [-0.15, -0.1) is 0 Å². The average Bonchev–Trinajstić information content (AvgIpc) is 3.47. The molecule has 3 aliphatic heterocycles. The number of carbonyl (C=O) groups is 4. The molecule has 3 heterocycles. The second kappa shape index (κ2) is 22.4. The van der Waals surface area contributed by atoms with Crippen molar-refractivity contribution in [1.29, 1.82) is 0 Å². The van der Waals surface area contributed by atoms with Crippen molar-refractivity contribution >= 4 is 46.9 Å². The van der Waals surface area contributed by atoms with Crippen LogP contribution in [0.2, 0.25) is 0 Å². The summed E-state index contributed by atoms with van der Waals surface area (Å²) in [6.07, 6.45) is 5.22. The Morgan fingerprint density at radius 2 is 1.16 bits per heavy atom. The second-order valence-electron chi connectivity index (χ2n) is 12.5. The summed E-state index contributed by atoms with van der Waals surface area (Å²) < 4.78 is 15.5. The molecule has 43 heavy (non-hydrogen) atoms. The minimum absolute atomic E-state index is 0. The third-order valence-electron chi connectivity index (χ3n) is 6.48. The summed E-state index contributed by atoms with van der Waals surface area (Å²) in [5, 5.41) is 1.21. The van der Waals surface area contributed by atoms with Crippen molar-refractivity contribution in [2.24, 2.45) is 11.8 Å². The largest absolute Gasteiger partial charge is 2.00 e. The van der Waals surface area contributed by atoms with Crippen molar-refractivity contribution in [3.8, 4) is 0 Å². The summed E-state index contributed by atoms with van der Waals surface area (Å²) in [5.74, 6) is -0.170.